The molecule has 3 aliphatic rings. The quantitative estimate of drug-likeness (QED) is 0.871. The Hall–Kier alpha value is -1.40. The van der Waals surface area contributed by atoms with E-state index in [1.54, 1.807) is 0 Å². The predicted molar refractivity (Wildman–Crippen MR) is 95.3 cm³/mol. The predicted octanol–water partition coefficient (Wildman–Crippen LogP) is 1.53. The summed E-state index contributed by atoms with van der Waals surface area (Å²) in [5, 5.41) is 3.36. The largest absolute Gasteiger partial charge is 0.377 e. The molecular weight excluding hydrogens is 302 g/mol. The molecule has 0 radical (unpaired) electrons. The highest BCUT2D eigenvalue weighted by Gasteiger charge is 2.26. The first-order valence-corrected chi connectivity index (χ1v) is 9.52. The van der Waals surface area contributed by atoms with E-state index in [1.165, 1.54) is 36.9 Å². The van der Waals surface area contributed by atoms with Crippen LogP contribution in [0.2, 0.25) is 0 Å². The maximum absolute atomic E-state index is 6.07. The van der Waals surface area contributed by atoms with Crippen molar-refractivity contribution in [2.24, 2.45) is 5.92 Å². The summed E-state index contributed by atoms with van der Waals surface area (Å²) in [6.07, 6.45) is 8.56. The summed E-state index contributed by atoms with van der Waals surface area (Å²) in [6, 6.07) is 0. The Morgan fingerprint density at radius 2 is 1.96 bits per heavy atom. The average molecular weight is 331 g/mol. The molecule has 4 rings (SSSR count). The summed E-state index contributed by atoms with van der Waals surface area (Å²) in [5.41, 5.74) is 8.49. The lowest BCUT2D eigenvalue weighted by atomic mass is 9.94. The van der Waals surface area contributed by atoms with E-state index in [4.69, 9.17) is 10.5 Å². The minimum Gasteiger partial charge on any atom is -0.377 e. The number of nitrogens with two attached hydrogens (primary N) is 1. The highest BCUT2D eigenvalue weighted by Crippen LogP contribution is 2.31. The van der Waals surface area contributed by atoms with Crippen LogP contribution in [0.1, 0.15) is 43.4 Å². The molecule has 1 aromatic heterocycles. The van der Waals surface area contributed by atoms with Gasteiger partial charge in [0.1, 0.15) is 5.82 Å². The van der Waals surface area contributed by atoms with Crippen LogP contribution < -0.4 is 16.0 Å². The monoisotopic (exact) mass is 331 g/mol. The molecule has 1 aliphatic carbocycles. The molecule has 6 heteroatoms. The van der Waals surface area contributed by atoms with Gasteiger partial charge in [0, 0.05) is 31.8 Å². The lowest BCUT2D eigenvalue weighted by molar-refractivity contribution is 0.0353. The summed E-state index contributed by atoms with van der Waals surface area (Å²) >= 11 is 0. The van der Waals surface area contributed by atoms with Gasteiger partial charge in [0.05, 0.1) is 11.8 Å². The number of ether oxygens (including phenoxy) is 1. The molecule has 6 nitrogen and oxygen atoms in total. The molecule has 3 heterocycles. The van der Waals surface area contributed by atoms with E-state index >= 15 is 0 Å². The molecule has 1 unspecified atom stereocenters. The molecule has 24 heavy (non-hydrogen) atoms. The third-order valence-corrected chi connectivity index (χ3v) is 5.68. The van der Waals surface area contributed by atoms with Crippen molar-refractivity contribution >= 4 is 11.8 Å². The molecule has 2 aliphatic heterocycles. The van der Waals surface area contributed by atoms with E-state index in [9.17, 15) is 0 Å². The van der Waals surface area contributed by atoms with Gasteiger partial charge in [-0.05, 0) is 57.4 Å². The molecule has 2 fully saturated rings. The Kier molecular flexibility index (Phi) is 4.85. The molecule has 0 bridgehead atoms. The van der Waals surface area contributed by atoms with Gasteiger partial charge >= 0.3 is 0 Å². The van der Waals surface area contributed by atoms with Crippen LogP contribution in [0.4, 0.5) is 11.8 Å². The zero-order chi connectivity index (χ0) is 16.4. The summed E-state index contributed by atoms with van der Waals surface area (Å²) in [4.78, 5) is 11.5. The van der Waals surface area contributed by atoms with Crippen molar-refractivity contribution in [2.45, 2.75) is 51.0 Å². The normalized spacial score (nSPS) is 25.0. The first-order chi connectivity index (χ1) is 11.8. The second kappa shape index (κ2) is 7.23. The van der Waals surface area contributed by atoms with Crippen molar-refractivity contribution in [1.82, 2.24) is 15.3 Å². The van der Waals surface area contributed by atoms with Crippen molar-refractivity contribution in [3.05, 3.63) is 11.3 Å². The number of rotatable bonds is 4. The number of anilines is 2. The summed E-state index contributed by atoms with van der Waals surface area (Å²) < 4.78 is 6.07. The molecule has 3 N–H and O–H groups in total. The first kappa shape index (κ1) is 16.1. The van der Waals surface area contributed by atoms with Crippen LogP contribution in [0.25, 0.3) is 0 Å². The van der Waals surface area contributed by atoms with E-state index in [1.807, 2.05) is 0 Å². The Morgan fingerprint density at radius 3 is 2.75 bits per heavy atom. The molecule has 1 atom stereocenters. The molecule has 0 saturated carbocycles. The van der Waals surface area contributed by atoms with Gasteiger partial charge in [-0.1, -0.05) is 0 Å². The van der Waals surface area contributed by atoms with E-state index in [0.717, 1.165) is 57.9 Å². The van der Waals surface area contributed by atoms with Crippen molar-refractivity contribution in [2.75, 3.05) is 43.4 Å². The number of hydrogen-bond acceptors (Lipinski definition) is 6. The maximum Gasteiger partial charge on any atom is 0.222 e. The van der Waals surface area contributed by atoms with Crippen LogP contribution >= 0.6 is 0 Å². The van der Waals surface area contributed by atoms with Gasteiger partial charge in [-0.15, -0.1) is 0 Å². The van der Waals surface area contributed by atoms with E-state index in [2.05, 4.69) is 20.2 Å². The number of piperidine rings is 1. The third-order valence-electron chi connectivity index (χ3n) is 5.68. The third kappa shape index (κ3) is 3.49. The number of nitrogens with one attached hydrogen (secondary N) is 1. The smallest absolute Gasteiger partial charge is 0.222 e. The lowest BCUT2D eigenvalue weighted by Crippen LogP contribution is -2.37. The van der Waals surface area contributed by atoms with Gasteiger partial charge in [0.2, 0.25) is 5.95 Å². The molecule has 2 saturated heterocycles. The SMILES string of the molecule is Nc1nc2c(c(N3CCC(COC4CCNC4)CC3)n1)CCCC2. The molecule has 0 aromatic carbocycles. The minimum atomic E-state index is 0.428. The first-order valence-electron chi connectivity index (χ1n) is 9.52. The topological polar surface area (TPSA) is 76.3 Å². The second-order valence-corrected chi connectivity index (χ2v) is 7.42. The van der Waals surface area contributed by atoms with Crippen LogP contribution in [-0.4, -0.2) is 48.9 Å². The maximum atomic E-state index is 6.07. The number of aryl methyl sites for hydroxylation is 1. The highest BCUT2D eigenvalue weighted by molar-refractivity contribution is 5.53. The standard InChI is InChI=1S/C18H29N5O/c19-18-21-16-4-2-1-3-15(16)17(22-18)23-9-6-13(7-10-23)12-24-14-5-8-20-11-14/h13-14,20H,1-12H2,(H2,19,21,22). The van der Waals surface area contributed by atoms with E-state index in [0.29, 0.717) is 18.0 Å². The fourth-order valence-electron chi connectivity index (χ4n) is 4.21. The Bertz CT molecular complexity index is 565. The van der Waals surface area contributed by atoms with Crippen molar-refractivity contribution < 1.29 is 4.74 Å². The zero-order valence-corrected chi connectivity index (χ0v) is 14.5. The zero-order valence-electron chi connectivity index (χ0n) is 14.5. The van der Waals surface area contributed by atoms with E-state index in [-0.39, 0.29) is 0 Å². The average Bonchev–Trinajstić information content (AvgIpc) is 3.13. The summed E-state index contributed by atoms with van der Waals surface area (Å²) in [7, 11) is 0. The van der Waals surface area contributed by atoms with Crippen LogP contribution in [0.3, 0.4) is 0 Å². The van der Waals surface area contributed by atoms with Gasteiger partial charge in [-0.2, -0.15) is 4.98 Å². The molecule has 1 aromatic rings. The Balaban J connectivity index is 1.36. The fourth-order valence-corrected chi connectivity index (χ4v) is 4.21. The van der Waals surface area contributed by atoms with Crippen LogP contribution in [0.5, 0.6) is 0 Å². The fraction of sp³-hybridized carbons (Fsp3) is 0.778. The van der Waals surface area contributed by atoms with Gasteiger partial charge < -0.3 is 20.7 Å². The van der Waals surface area contributed by atoms with Gasteiger partial charge in [-0.25, -0.2) is 4.98 Å². The van der Waals surface area contributed by atoms with Gasteiger partial charge in [0.25, 0.3) is 0 Å². The lowest BCUT2D eigenvalue weighted by Gasteiger charge is -2.35. The molecule has 0 amide bonds. The number of aromatic nitrogens is 2. The molecular formula is C18H29N5O. The highest BCUT2D eigenvalue weighted by atomic mass is 16.5. The van der Waals surface area contributed by atoms with Crippen molar-refractivity contribution in [1.29, 1.82) is 0 Å². The van der Waals surface area contributed by atoms with Crippen LogP contribution in [0.15, 0.2) is 0 Å². The second-order valence-electron chi connectivity index (χ2n) is 7.42. The van der Waals surface area contributed by atoms with Crippen LogP contribution in [0, 0.1) is 5.92 Å². The Labute approximate surface area is 144 Å². The van der Waals surface area contributed by atoms with Gasteiger partial charge in [0.15, 0.2) is 0 Å². The van der Waals surface area contributed by atoms with Gasteiger partial charge in [-0.3, -0.25) is 0 Å². The molecule has 132 valence electrons. The minimum absolute atomic E-state index is 0.428. The molecule has 0 spiro atoms. The number of nitrogen functional groups attached to an aromatic ring is 1. The van der Waals surface area contributed by atoms with E-state index < -0.39 is 0 Å². The summed E-state index contributed by atoms with van der Waals surface area (Å²) in [6.45, 7) is 5.14. The Morgan fingerprint density at radius 1 is 1.12 bits per heavy atom. The summed E-state index contributed by atoms with van der Waals surface area (Å²) in [5.74, 6) is 2.22. The number of nitrogens with zero attached hydrogens (tertiary/aromatic N) is 3. The van der Waals surface area contributed by atoms with Crippen molar-refractivity contribution in [3.63, 3.8) is 0 Å². The number of fused-ring (bicyclic) bond motifs is 1. The number of hydrogen-bond donors (Lipinski definition) is 2. The van der Waals surface area contributed by atoms with Crippen LogP contribution in [-0.2, 0) is 17.6 Å². The van der Waals surface area contributed by atoms with Crippen molar-refractivity contribution in [3.8, 4) is 0 Å².